The Hall–Kier alpha value is -6.00. The number of H-pyrrole nitrogens is 1. The van der Waals surface area contributed by atoms with E-state index < -0.39 is 12.1 Å². The number of carbonyl (C=O) groups is 3. The van der Waals surface area contributed by atoms with E-state index in [0.29, 0.717) is 48.0 Å². The van der Waals surface area contributed by atoms with Crippen molar-refractivity contribution in [1.82, 2.24) is 24.6 Å². The summed E-state index contributed by atoms with van der Waals surface area (Å²) in [6.45, 7) is 7.57. The van der Waals surface area contributed by atoms with E-state index in [4.69, 9.17) is 5.10 Å². The molecule has 0 radical (unpaired) electrons. The first-order valence-corrected chi connectivity index (χ1v) is 18.8. The molecular weight excluding hydrogens is 677 g/mol. The Bertz CT molecular complexity index is 2300. The van der Waals surface area contributed by atoms with Crippen LogP contribution in [0, 0.1) is 6.92 Å². The highest BCUT2D eigenvalue weighted by Crippen LogP contribution is 2.34. The smallest absolute Gasteiger partial charge is 0.274 e. The van der Waals surface area contributed by atoms with Crippen LogP contribution in [0.4, 0.5) is 5.69 Å². The Morgan fingerprint density at radius 1 is 0.870 bits per heavy atom. The average Bonchev–Trinajstić information content (AvgIpc) is 3.78. The minimum absolute atomic E-state index is 0.147. The van der Waals surface area contributed by atoms with E-state index >= 15 is 0 Å². The maximum Gasteiger partial charge on any atom is 0.274 e. The number of aliphatic hydroxyl groups is 1. The van der Waals surface area contributed by atoms with Crippen LogP contribution in [0.15, 0.2) is 103 Å². The molecule has 4 aromatic carbocycles. The first-order chi connectivity index (χ1) is 26.3. The molecule has 0 saturated heterocycles. The molecule has 6 aromatic rings. The standard InChI is InChI=1S/C44H46N6O4/c1-4-6-23-48(24-7-5-2)44(54)37-25-29(3)50(47-37)38-22-21-33(27-35(38)43(53)49-28-32-18-12-11-17-31(32)26-39(49)51)45-42(52)41-40(30-15-9-8-10-16-30)34-19-13-14-20-36(34)46-41/h8-22,25,27,39,46,51H,4-7,23-24,26,28H2,1-3H3,(H,45,52)/t39-/m1/s1. The second kappa shape index (κ2) is 15.9. The van der Waals surface area contributed by atoms with Crippen LogP contribution in [0.1, 0.15) is 87.7 Å². The molecule has 7 rings (SSSR count). The maximum absolute atomic E-state index is 14.6. The molecule has 0 fully saturated rings. The Morgan fingerprint density at radius 3 is 2.30 bits per heavy atom. The van der Waals surface area contributed by atoms with Crippen LogP contribution in [0.3, 0.4) is 0 Å². The zero-order valence-corrected chi connectivity index (χ0v) is 31.0. The van der Waals surface area contributed by atoms with Crippen molar-refractivity contribution in [2.24, 2.45) is 0 Å². The van der Waals surface area contributed by atoms with Gasteiger partial charge in [0.15, 0.2) is 5.69 Å². The summed E-state index contributed by atoms with van der Waals surface area (Å²) in [5.74, 6) is -0.939. The van der Waals surface area contributed by atoms with Gasteiger partial charge in [-0.15, -0.1) is 0 Å². The molecular formula is C44H46N6O4. The van der Waals surface area contributed by atoms with Gasteiger partial charge in [0.25, 0.3) is 17.7 Å². The van der Waals surface area contributed by atoms with Gasteiger partial charge in [-0.25, -0.2) is 4.68 Å². The van der Waals surface area contributed by atoms with Crippen LogP contribution < -0.4 is 5.32 Å². The third-order valence-electron chi connectivity index (χ3n) is 10.1. The molecule has 1 aliphatic rings. The number of aliphatic hydroxyl groups excluding tert-OH is 1. The van der Waals surface area contributed by atoms with Gasteiger partial charge in [-0.2, -0.15) is 5.10 Å². The normalized spacial score (nSPS) is 13.9. The number of para-hydroxylation sites is 1. The van der Waals surface area contributed by atoms with E-state index in [1.54, 1.807) is 28.9 Å². The largest absolute Gasteiger partial charge is 0.373 e. The minimum atomic E-state index is -1.06. The fourth-order valence-electron chi connectivity index (χ4n) is 7.25. The number of aryl methyl sites for hydroxylation is 1. The van der Waals surface area contributed by atoms with Crippen molar-refractivity contribution < 1.29 is 19.5 Å². The first kappa shape index (κ1) is 36.4. The SMILES string of the molecule is CCCCN(CCCC)C(=O)c1cc(C)n(-c2ccc(NC(=O)c3[nH]c4ccccc4c3-c3ccccc3)cc2C(=O)N2Cc3ccccc3C[C@H]2O)n1. The van der Waals surface area contributed by atoms with Gasteiger partial charge in [-0.3, -0.25) is 14.4 Å². The summed E-state index contributed by atoms with van der Waals surface area (Å²) in [6.07, 6.45) is 2.97. The second-order valence-corrected chi connectivity index (χ2v) is 13.9. The summed E-state index contributed by atoms with van der Waals surface area (Å²) in [7, 11) is 0. The van der Waals surface area contributed by atoms with Gasteiger partial charge in [0.05, 0.1) is 11.3 Å². The summed E-state index contributed by atoms with van der Waals surface area (Å²) in [5, 5.41) is 20.0. The molecule has 10 heteroatoms. The highest BCUT2D eigenvalue weighted by molar-refractivity contribution is 6.14. The number of fused-ring (bicyclic) bond motifs is 2. The van der Waals surface area contributed by atoms with Gasteiger partial charge in [0.1, 0.15) is 11.9 Å². The third kappa shape index (κ3) is 7.30. The number of anilines is 1. The average molecular weight is 723 g/mol. The van der Waals surface area contributed by atoms with E-state index in [0.717, 1.165) is 58.8 Å². The molecule has 0 spiro atoms. The number of carbonyl (C=O) groups excluding carboxylic acids is 3. The van der Waals surface area contributed by atoms with Crippen molar-refractivity contribution in [3.05, 3.63) is 137 Å². The fraction of sp³-hybridized carbons (Fsp3) is 0.273. The van der Waals surface area contributed by atoms with Crippen LogP contribution in [0.2, 0.25) is 0 Å². The maximum atomic E-state index is 14.6. The number of rotatable bonds is 12. The monoisotopic (exact) mass is 722 g/mol. The minimum Gasteiger partial charge on any atom is -0.373 e. The van der Waals surface area contributed by atoms with E-state index in [9.17, 15) is 19.5 Å². The van der Waals surface area contributed by atoms with Gasteiger partial charge in [-0.05, 0) is 66.8 Å². The summed E-state index contributed by atoms with van der Waals surface area (Å²) < 4.78 is 1.61. The molecule has 1 atom stereocenters. The zero-order valence-electron chi connectivity index (χ0n) is 31.0. The van der Waals surface area contributed by atoms with E-state index in [1.165, 1.54) is 4.90 Å². The van der Waals surface area contributed by atoms with Crippen LogP contribution in [0.5, 0.6) is 0 Å². The highest BCUT2D eigenvalue weighted by Gasteiger charge is 2.32. The predicted octanol–water partition coefficient (Wildman–Crippen LogP) is 8.14. The molecule has 0 aliphatic carbocycles. The van der Waals surface area contributed by atoms with Crippen LogP contribution in [-0.2, 0) is 13.0 Å². The molecule has 276 valence electrons. The summed E-state index contributed by atoms with van der Waals surface area (Å²) in [5.41, 5.74) is 6.87. The number of nitrogens with one attached hydrogen (secondary N) is 2. The molecule has 3 heterocycles. The topological polar surface area (TPSA) is 124 Å². The molecule has 1 aliphatic heterocycles. The van der Waals surface area contributed by atoms with Gasteiger partial charge in [0, 0.05) is 53.9 Å². The van der Waals surface area contributed by atoms with Gasteiger partial charge in [0.2, 0.25) is 0 Å². The van der Waals surface area contributed by atoms with Crippen molar-refractivity contribution in [2.75, 3.05) is 18.4 Å². The molecule has 3 N–H and O–H groups in total. The van der Waals surface area contributed by atoms with E-state index in [1.807, 2.05) is 90.7 Å². The predicted molar refractivity (Wildman–Crippen MR) is 212 cm³/mol. The Balaban J connectivity index is 1.27. The summed E-state index contributed by atoms with van der Waals surface area (Å²) >= 11 is 0. The van der Waals surface area contributed by atoms with Crippen LogP contribution in [0.25, 0.3) is 27.7 Å². The van der Waals surface area contributed by atoms with Crippen LogP contribution in [-0.4, -0.2) is 66.7 Å². The number of hydrogen-bond donors (Lipinski definition) is 3. The summed E-state index contributed by atoms with van der Waals surface area (Å²) in [4.78, 5) is 49.1. The van der Waals surface area contributed by atoms with E-state index in [-0.39, 0.29) is 23.9 Å². The Morgan fingerprint density at radius 2 is 1.56 bits per heavy atom. The number of benzene rings is 4. The molecule has 0 bridgehead atoms. The number of unbranched alkanes of at least 4 members (excludes halogenated alkanes) is 2. The Kier molecular flexibility index (Phi) is 10.7. The molecule has 0 unspecified atom stereocenters. The lowest BCUT2D eigenvalue weighted by molar-refractivity contribution is -0.00173. The van der Waals surface area contributed by atoms with Crippen molar-refractivity contribution in [3.63, 3.8) is 0 Å². The molecule has 54 heavy (non-hydrogen) atoms. The Labute approximate surface area is 315 Å². The number of nitrogens with zero attached hydrogens (tertiary/aromatic N) is 4. The summed E-state index contributed by atoms with van der Waals surface area (Å²) in [6, 6.07) is 32.2. The lowest BCUT2D eigenvalue weighted by Crippen LogP contribution is -2.44. The van der Waals surface area contributed by atoms with Crippen molar-refractivity contribution in [3.8, 4) is 16.8 Å². The lowest BCUT2D eigenvalue weighted by atomic mass is 9.97. The van der Waals surface area contributed by atoms with E-state index in [2.05, 4.69) is 24.1 Å². The molecule has 0 saturated carbocycles. The fourth-order valence-corrected chi connectivity index (χ4v) is 7.25. The highest BCUT2D eigenvalue weighted by atomic mass is 16.3. The number of aromatic amines is 1. The quantitative estimate of drug-likeness (QED) is 0.118. The van der Waals surface area contributed by atoms with Gasteiger partial charge >= 0.3 is 0 Å². The second-order valence-electron chi connectivity index (χ2n) is 13.9. The first-order valence-electron chi connectivity index (χ1n) is 18.8. The number of amides is 3. The van der Waals surface area contributed by atoms with Crippen LogP contribution >= 0.6 is 0 Å². The molecule has 10 nitrogen and oxygen atoms in total. The van der Waals surface area contributed by atoms with Crippen molar-refractivity contribution in [2.45, 2.75) is 65.6 Å². The van der Waals surface area contributed by atoms with Gasteiger partial charge in [-0.1, -0.05) is 99.5 Å². The van der Waals surface area contributed by atoms with Gasteiger partial charge < -0.3 is 25.2 Å². The number of aromatic nitrogens is 3. The third-order valence-corrected chi connectivity index (χ3v) is 10.1. The lowest BCUT2D eigenvalue weighted by Gasteiger charge is -2.34. The molecule has 2 aromatic heterocycles. The van der Waals surface area contributed by atoms with Crippen molar-refractivity contribution >= 4 is 34.3 Å². The zero-order chi connectivity index (χ0) is 37.8. The number of hydrogen-bond acceptors (Lipinski definition) is 5. The van der Waals surface area contributed by atoms with Crippen molar-refractivity contribution in [1.29, 1.82) is 0 Å². The molecule has 3 amide bonds.